The van der Waals surface area contributed by atoms with Gasteiger partial charge in [-0.3, -0.25) is 14.4 Å². The van der Waals surface area contributed by atoms with Crippen LogP contribution in [0.3, 0.4) is 0 Å². The quantitative estimate of drug-likeness (QED) is 0.608. The van der Waals surface area contributed by atoms with Crippen LogP contribution in [0.5, 0.6) is 5.75 Å². The third-order valence-corrected chi connectivity index (χ3v) is 6.16. The molecular formula is C25H38N4O2. The van der Waals surface area contributed by atoms with Crippen molar-refractivity contribution in [1.29, 1.82) is 0 Å². The average molecular weight is 427 g/mol. The number of nitrogens with zero attached hydrogens (tertiary/aromatic N) is 4. The van der Waals surface area contributed by atoms with Gasteiger partial charge in [0.1, 0.15) is 11.4 Å². The second-order valence-corrected chi connectivity index (χ2v) is 9.13. The van der Waals surface area contributed by atoms with Crippen LogP contribution in [-0.2, 0) is 20.0 Å². The minimum atomic E-state index is 0.111. The van der Waals surface area contributed by atoms with Crippen molar-refractivity contribution >= 4 is 5.91 Å². The largest absolute Gasteiger partial charge is 0.496 e. The highest BCUT2D eigenvalue weighted by Gasteiger charge is 2.27. The van der Waals surface area contributed by atoms with E-state index < -0.39 is 0 Å². The van der Waals surface area contributed by atoms with Gasteiger partial charge in [0.15, 0.2) is 0 Å². The van der Waals surface area contributed by atoms with Crippen LogP contribution in [0.25, 0.3) is 0 Å². The molecule has 0 unspecified atom stereocenters. The normalized spacial score (nSPS) is 15.4. The number of aryl methyl sites for hydroxylation is 2. The molecule has 0 bridgehead atoms. The molecule has 31 heavy (non-hydrogen) atoms. The number of carbonyl (C=O) groups excluding carboxylic acids is 1. The third-order valence-electron chi connectivity index (χ3n) is 6.16. The molecule has 0 spiro atoms. The van der Waals surface area contributed by atoms with Crippen LogP contribution >= 0.6 is 0 Å². The molecule has 0 atom stereocenters. The molecule has 0 aliphatic carbocycles. The minimum Gasteiger partial charge on any atom is -0.496 e. The Morgan fingerprint density at radius 2 is 1.97 bits per heavy atom. The Balaban J connectivity index is 1.60. The number of aromatic nitrogens is 2. The summed E-state index contributed by atoms with van der Waals surface area (Å²) in [6.45, 7) is 11.1. The fraction of sp³-hybridized carbons (Fsp3) is 0.600. The molecule has 0 saturated carbocycles. The Morgan fingerprint density at radius 1 is 1.26 bits per heavy atom. The van der Waals surface area contributed by atoms with E-state index >= 15 is 0 Å². The Bertz CT molecular complexity index is 853. The summed E-state index contributed by atoms with van der Waals surface area (Å²) in [6, 6.07) is 10.2. The highest BCUT2D eigenvalue weighted by molar-refractivity contribution is 5.92. The zero-order valence-corrected chi connectivity index (χ0v) is 19.8. The van der Waals surface area contributed by atoms with E-state index in [-0.39, 0.29) is 5.91 Å². The first kappa shape index (κ1) is 23.3. The number of benzene rings is 1. The average Bonchev–Trinajstić information content (AvgIpc) is 3.15. The molecule has 1 amide bonds. The first-order chi connectivity index (χ1) is 14.9. The number of rotatable bonds is 9. The lowest BCUT2D eigenvalue weighted by Gasteiger charge is -2.35. The lowest BCUT2D eigenvalue weighted by Crippen LogP contribution is -2.42. The zero-order valence-electron chi connectivity index (χ0n) is 19.8. The summed E-state index contributed by atoms with van der Waals surface area (Å²) in [5.41, 5.74) is 2.91. The van der Waals surface area contributed by atoms with Gasteiger partial charge >= 0.3 is 0 Å². The Labute approximate surface area is 187 Å². The van der Waals surface area contributed by atoms with Crippen molar-refractivity contribution in [2.24, 2.45) is 18.9 Å². The molecule has 1 aliphatic rings. The second-order valence-electron chi connectivity index (χ2n) is 9.13. The maximum absolute atomic E-state index is 13.3. The van der Waals surface area contributed by atoms with E-state index in [1.807, 2.05) is 25.2 Å². The van der Waals surface area contributed by atoms with Gasteiger partial charge in [-0.2, -0.15) is 5.10 Å². The molecule has 2 aromatic rings. The molecule has 1 aromatic carbocycles. The first-order valence-corrected chi connectivity index (χ1v) is 11.6. The van der Waals surface area contributed by atoms with Crippen LogP contribution in [0, 0.1) is 11.8 Å². The molecule has 3 rings (SSSR count). The van der Waals surface area contributed by atoms with E-state index in [1.165, 1.54) is 5.56 Å². The van der Waals surface area contributed by atoms with E-state index in [0.717, 1.165) is 63.4 Å². The lowest BCUT2D eigenvalue weighted by atomic mass is 9.95. The number of para-hydroxylation sites is 1. The summed E-state index contributed by atoms with van der Waals surface area (Å²) < 4.78 is 7.25. The highest BCUT2D eigenvalue weighted by Crippen LogP contribution is 2.24. The highest BCUT2D eigenvalue weighted by atomic mass is 16.5. The van der Waals surface area contributed by atoms with Crippen LogP contribution in [0.4, 0.5) is 0 Å². The van der Waals surface area contributed by atoms with E-state index in [1.54, 1.807) is 11.8 Å². The Morgan fingerprint density at radius 3 is 2.58 bits per heavy atom. The maximum Gasteiger partial charge on any atom is 0.272 e. The van der Waals surface area contributed by atoms with Crippen LogP contribution in [0.2, 0.25) is 0 Å². The number of ether oxygens (including phenoxy) is 1. The molecule has 170 valence electrons. The predicted molar refractivity (Wildman–Crippen MR) is 124 cm³/mol. The van der Waals surface area contributed by atoms with Crippen molar-refractivity contribution in [3.05, 3.63) is 47.3 Å². The van der Waals surface area contributed by atoms with Gasteiger partial charge in [0.2, 0.25) is 0 Å². The number of hydrogen-bond acceptors (Lipinski definition) is 4. The molecule has 1 aromatic heterocycles. The maximum atomic E-state index is 13.3. The van der Waals surface area contributed by atoms with Gasteiger partial charge < -0.3 is 9.64 Å². The number of carbonyl (C=O) groups is 1. The van der Waals surface area contributed by atoms with Gasteiger partial charge in [0.05, 0.1) is 12.8 Å². The molecule has 1 saturated heterocycles. The number of methoxy groups -OCH3 is 1. The number of hydrogen-bond donors (Lipinski definition) is 0. The van der Waals surface area contributed by atoms with Crippen molar-refractivity contribution in [3.63, 3.8) is 0 Å². The van der Waals surface area contributed by atoms with Crippen molar-refractivity contribution in [3.8, 4) is 5.75 Å². The van der Waals surface area contributed by atoms with Gasteiger partial charge in [0.25, 0.3) is 5.91 Å². The molecule has 2 heterocycles. The fourth-order valence-electron chi connectivity index (χ4n) is 4.46. The monoisotopic (exact) mass is 426 g/mol. The number of amides is 1. The molecule has 0 radical (unpaired) electrons. The van der Waals surface area contributed by atoms with E-state index in [2.05, 4.69) is 47.8 Å². The first-order valence-electron chi connectivity index (χ1n) is 11.6. The fourth-order valence-corrected chi connectivity index (χ4v) is 4.46. The molecule has 1 aliphatic heterocycles. The van der Waals surface area contributed by atoms with Gasteiger partial charge in [-0.1, -0.05) is 39.0 Å². The summed E-state index contributed by atoms with van der Waals surface area (Å²) in [7, 11) is 3.60. The molecule has 1 fully saturated rings. The number of likely N-dealkylation sites (tertiary alicyclic amines) is 1. The van der Waals surface area contributed by atoms with Crippen molar-refractivity contribution in [2.45, 2.75) is 46.6 Å². The van der Waals surface area contributed by atoms with Crippen LogP contribution in [0.1, 0.15) is 55.4 Å². The molecular weight excluding hydrogens is 388 g/mol. The zero-order chi connectivity index (χ0) is 22.4. The smallest absolute Gasteiger partial charge is 0.272 e. The van der Waals surface area contributed by atoms with E-state index in [0.29, 0.717) is 17.5 Å². The number of piperidine rings is 1. The van der Waals surface area contributed by atoms with Crippen LogP contribution in [0.15, 0.2) is 30.3 Å². The summed E-state index contributed by atoms with van der Waals surface area (Å²) in [6.07, 6.45) is 3.07. The standard InChI is InChI=1S/C25H38N4O2/c1-6-22-15-23(27(4)26-22)25(30)29(16-19(2)3)17-20-11-13-28(14-12-20)18-21-9-7-8-10-24(21)31-5/h7-10,15,19-20H,6,11-14,16-18H2,1-5H3. The SMILES string of the molecule is CCc1cc(C(=O)N(CC(C)C)CC2CCN(Cc3ccccc3OC)CC2)n(C)n1. The minimum absolute atomic E-state index is 0.111. The van der Waals surface area contributed by atoms with Gasteiger partial charge in [0, 0.05) is 32.2 Å². The second kappa shape index (κ2) is 10.8. The van der Waals surface area contributed by atoms with E-state index in [9.17, 15) is 4.79 Å². The summed E-state index contributed by atoms with van der Waals surface area (Å²) >= 11 is 0. The van der Waals surface area contributed by atoms with Crippen molar-refractivity contribution in [2.75, 3.05) is 33.3 Å². The van der Waals surface area contributed by atoms with Crippen LogP contribution < -0.4 is 4.74 Å². The van der Waals surface area contributed by atoms with Gasteiger partial charge in [-0.25, -0.2) is 0 Å². The molecule has 6 heteroatoms. The topological polar surface area (TPSA) is 50.6 Å². The van der Waals surface area contributed by atoms with Crippen LogP contribution in [-0.4, -0.2) is 58.8 Å². The third kappa shape index (κ3) is 6.10. The van der Waals surface area contributed by atoms with Crippen molar-refractivity contribution < 1.29 is 9.53 Å². The summed E-state index contributed by atoms with van der Waals surface area (Å²) in [5, 5.41) is 4.47. The van der Waals surface area contributed by atoms with Gasteiger partial charge in [-0.15, -0.1) is 0 Å². The van der Waals surface area contributed by atoms with Gasteiger partial charge in [-0.05, 0) is 56.3 Å². The van der Waals surface area contributed by atoms with Crippen molar-refractivity contribution in [1.82, 2.24) is 19.6 Å². The predicted octanol–water partition coefficient (Wildman–Crippen LogP) is 4.00. The Hall–Kier alpha value is -2.34. The van der Waals surface area contributed by atoms with E-state index in [4.69, 9.17) is 4.74 Å². The summed E-state index contributed by atoms with van der Waals surface area (Å²) in [4.78, 5) is 17.9. The molecule has 0 N–H and O–H groups in total. The Kier molecular flexibility index (Phi) is 8.13. The summed E-state index contributed by atoms with van der Waals surface area (Å²) in [5.74, 6) is 2.05. The lowest BCUT2D eigenvalue weighted by molar-refractivity contribution is 0.0652. The molecule has 6 nitrogen and oxygen atoms in total.